The van der Waals surface area contributed by atoms with E-state index in [-0.39, 0.29) is 0 Å². The second-order valence-corrected chi connectivity index (χ2v) is 5.23. The zero-order valence-electron chi connectivity index (χ0n) is 9.40. The summed E-state index contributed by atoms with van der Waals surface area (Å²) < 4.78 is 2.37. The van der Waals surface area contributed by atoms with E-state index in [4.69, 9.17) is 0 Å². The molecule has 1 aliphatic rings. The lowest BCUT2D eigenvalue weighted by molar-refractivity contribution is 0.457. The third-order valence-corrected chi connectivity index (χ3v) is 3.44. The van der Waals surface area contributed by atoms with Crippen molar-refractivity contribution in [3.63, 3.8) is 0 Å². The molecule has 0 atom stereocenters. The van der Waals surface area contributed by atoms with Gasteiger partial charge in [0.05, 0.1) is 0 Å². The highest BCUT2D eigenvalue weighted by atomic mass is 127. The van der Waals surface area contributed by atoms with Crippen LogP contribution in [0.4, 0.5) is 0 Å². The van der Waals surface area contributed by atoms with E-state index in [1.165, 1.54) is 19.4 Å². The first-order valence-electron chi connectivity index (χ1n) is 5.92. The van der Waals surface area contributed by atoms with Crippen molar-refractivity contribution in [3.05, 3.63) is 0 Å². The topological polar surface area (TPSA) is 39.3 Å². The lowest BCUT2D eigenvalue weighted by Crippen LogP contribution is -2.33. The number of nitrogens with one attached hydrogen (secondary N) is 3. The van der Waals surface area contributed by atoms with Gasteiger partial charge in [-0.3, -0.25) is 0 Å². The number of hydrogen-bond donors (Lipinski definition) is 3. The number of rotatable bonds is 0. The van der Waals surface area contributed by atoms with Gasteiger partial charge in [0.25, 0.3) is 0 Å². The van der Waals surface area contributed by atoms with Crippen molar-refractivity contribution in [2.45, 2.75) is 12.8 Å². The number of halogens is 1. The summed E-state index contributed by atoms with van der Waals surface area (Å²) in [6.07, 6.45) is 2.46. The molecule has 0 aliphatic carbocycles. The van der Waals surface area contributed by atoms with Crippen LogP contribution in [-0.4, -0.2) is 55.5 Å². The van der Waals surface area contributed by atoms with Crippen molar-refractivity contribution in [3.8, 4) is 0 Å². The van der Waals surface area contributed by atoms with E-state index in [0.29, 0.717) is 0 Å². The monoisotopic (exact) mass is 326 g/mol. The van der Waals surface area contributed by atoms with E-state index in [0.717, 1.165) is 45.8 Å². The third-order valence-electron chi connectivity index (χ3n) is 2.47. The van der Waals surface area contributed by atoms with Gasteiger partial charge in [-0.05, 0) is 32.5 Å². The largest absolute Gasteiger partial charge is 0.315 e. The zero-order chi connectivity index (χ0) is 10.8. The molecular formula is C10H23IN4. The van der Waals surface area contributed by atoms with Gasteiger partial charge in [0.1, 0.15) is 0 Å². The van der Waals surface area contributed by atoms with Crippen LogP contribution < -0.4 is 16.0 Å². The van der Waals surface area contributed by atoms with E-state index >= 15 is 0 Å². The summed E-state index contributed by atoms with van der Waals surface area (Å²) in [5.74, 6) is 0. The standard InChI is InChI=1S/C10H23IN4/c11-15-9-2-5-13-7-6-12-3-1-4-14-8-10-15/h12-14H,1-10H2. The lowest BCUT2D eigenvalue weighted by Gasteiger charge is -2.16. The first-order valence-corrected chi connectivity index (χ1v) is 6.89. The molecule has 1 rings (SSSR count). The molecule has 1 heterocycles. The molecular weight excluding hydrogens is 303 g/mol. The Morgan fingerprint density at radius 2 is 1.27 bits per heavy atom. The Hall–Kier alpha value is 0.570. The van der Waals surface area contributed by atoms with Crippen molar-refractivity contribution in [2.75, 3.05) is 52.4 Å². The summed E-state index contributed by atoms with van der Waals surface area (Å²) in [5, 5.41) is 10.4. The summed E-state index contributed by atoms with van der Waals surface area (Å²) >= 11 is 2.42. The number of hydrogen-bond acceptors (Lipinski definition) is 4. The Bertz CT molecular complexity index is 131. The van der Waals surface area contributed by atoms with Gasteiger partial charge in [-0.1, -0.05) is 0 Å². The highest BCUT2D eigenvalue weighted by Crippen LogP contribution is 1.98. The molecule has 0 aromatic rings. The normalized spacial score (nSPS) is 24.6. The Morgan fingerprint density at radius 3 is 2.00 bits per heavy atom. The molecule has 1 saturated heterocycles. The first-order chi connectivity index (χ1) is 7.39. The maximum absolute atomic E-state index is 3.47. The van der Waals surface area contributed by atoms with E-state index in [1.807, 2.05) is 0 Å². The van der Waals surface area contributed by atoms with Gasteiger partial charge in [-0.25, -0.2) is 3.11 Å². The minimum atomic E-state index is 1.09. The Labute approximate surface area is 107 Å². The molecule has 0 aromatic heterocycles. The van der Waals surface area contributed by atoms with Crippen LogP contribution in [0, 0.1) is 0 Å². The van der Waals surface area contributed by atoms with Crippen LogP contribution >= 0.6 is 22.9 Å². The fourth-order valence-electron chi connectivity index (χ4n) is 1.58. The maximum atomic E-state index is 3.47. The van der Waals surface area contributed by atoms with Gasteiger partial charge in [0, 0.05) is 55.6 Å². The molecule has 0 bridgehead atoms. The molecule has 0 saturated carbocycles. The molecule has 0 spiro atoms. The molecule has 4 nitrogen and oxygen atoms in total. The van der Waals surface area contributed by atoms with Gasteiger partial charge in [-0.2, -0.15) is 0 Å². The molecule has 3 N–H and O–H groups in total. The number of nitrogens with zero attached hydrogens (tertiary/aromatic N) is 1. The fraction of sp³-hybridized carbons (Fsp3) is 1.00. The highest BCUT2D eigenvalue weighted by Gasteiger charge is 2.00. The van der Waals surface area contributed by atoms with E-state index in [1.54, 1.807) is 0 Å². The van der Waals surface area contributed by atoms with Crippen molar-refractivity contribution >= 4 is 22.9 Å². The van der Waals surface area contributed by atoms with E-state index in [9.17, 15) is 0 Å². The average Bonchev–Trinajstić information content (AvgIpc) is 2.24. The minimum Gasteiger partial charge on any atom is -0.315 e. The predicted octanol–water partition coefficient (Wildman–Crippen LogP) is 0.201. The van der Waals surface area contributed by atoms with Gasteiger partial charge in [-0.15, -0.1) is 0 Å². The highest BCUT2D eigenvalue weighted by molar-refractivity contribution is 14.1. The second-order valence-electron chi connectivity index (χ2n) is 3.87. The van der Waals surface area contributed by atoms with E-state index in [2.05, 4.69) is 41.9 Å². The molecule has 90 valence electrons. The van der Waals surface area contributed by atoms with Gasteiger partial charge in [0.2, 0.25) is 0 Å². The van der Waals surface area contributed by atoms with Crippen LogP contribution in [0.3, 0.4) is 0 Å². The second kappa shape index (κ2) is 9.77. The Morgan fingerprint density at radius 1 is 0.667 bits per heavy atom. The lowest BCUT2D eigenvalue weighted by atomic mass is 10.3. The average molecular weight is 326 g/mol. The molecule has 0 unspecified atom stereocenters. The summed E-state index contributed by atoms with van der Waals surface area (Å²) in [6, 6.07) is 0. The predicted molar refractivity (Wildman–Crippen MR) is 73.4 cm³/mol. The fourth-order valence-corrected chi connectivity index (χ4v) is 2.16. The van der Waals surface area contributed by atoms with Crippen LogP contribution in [0.2, 0.25) is 0 Å². The van der Waals surface area contributed by atoms with Crippen LogP contribution in [0.25, 0.3) is 0 Å². The van der Waals surface area contributed by atoms with Crippen LogP contribution in [0.15, 0.2) is 0 Å². The molecule has 0 amide bonds. The van der Waals surface area contributed by atoms with Crippen molar-refractivity contribution in [1.29, 1.82) is 0 Å². The van der Waals surface area contributed by atoms with Gasteiger partial charge in [0.15, 0.2) is 0 Å². The quantitative estimate of drug-likeness (QED) is 0.439. The Balaban J connectivity index is 2.10. The van der Waals surface area contributed by atoms with Crippen molar-refractivity contribution < 1.29 is 0 Å². The third kappa shape index (κ3) is 8.38. The van der Waals surface area contributed by atoms with E-state index < -0.39 is 0 Å². The molecule has 1 fully saturated rings. The molecule has 0 aromatic carbocycles. The van der Waals surface area contributed by atoms with Crippen LogP contribution in [0.1, 0.15) is 12.8 Å². The SMILES string of the molecule is IN1CCCNCCNCCCNCC1. The Kier molecular flexibility index (Phi) is 8.88. The summed E-state index contributed by atoms with van der Waals surface area (Å²) in [4.78, 5) is 0. The van der Waals surface area contributed by atoms with Crippen molar-refractivity contribution in [2.24, 2.45) is 0 Å². The summed E-state index contributed by atoms with van der Waals surface area (Å²) in [7, 11) is 0. The molecule has 1 aliphatic heterocycles. The minimum absolute atomic E-state index is 1.09. The maximum Gasteiger partial charge on any atom is 0.0206 e. The summed E-state index contributed by atoms with van der Waals surface area (Å²) in [6.45, 7) is 9.01. The summed E-state index contributed by atoms with van der Waals surface area (Å²) in [5.41, 5.74) is 0. The first kappa shape index (κ1) is 13.6. The molecule has 0 radical (unpaired) electrons. The molecule has 5 heteroatoms. The zero-order valence-corrected chi connectivity index (χ0v) is 11.6. The van der Waals surface area contributed by atoms with Crippen LogP contribution in [0.5, 0.6) is 0 Å². The van der Waals surface area contributed by atoms with Crippen LogP contribution in [-0.2, 0) is 0 Å². The van der Waals surface area contributed by atoms with Gasteiger partial charge < -0.3 is 16.0 Å². The van der Waals surface area contributed by atoms with Gasteiger partial charge >= 0.3 is 0 Å². The van der Waals surface area contributed by atoms with Crippen molar-refractivity contribution in [1.82, 2.24) is 19.1 Å². The smallest absolute Gasteiger partial charge is 0.0206 e. The molecule has 15 heavy (non-hydrogen) atoms.